The van der Waals surface area contributed by atoms with Crippen molar-refractivity contribution >= 4 is 152 Å². The second-order valence-electron chi connectivity index (χ2n) is 20.6. The first-order valence-electron chi connectivity index (χ1n) is 29.0. The third-order valence-corrected chi connectivity index (χ3v) is 16.0. The van der Waals surface area contributed by atoms with Gasteiger partial charge in [0.05, 0.1) is 25.1 Å². The Balaban J connectivity index is 0.934. The first-order valence-corrected chi connectivity index (χ1v) is 25.6. The number of nitrogens with zero attached hydrogens (tertiary/aromatic N) is 2. The van der Waals surface area contributed by atoms with E-state index in [0.717, 1.165) is 82.1 Å². The fraction of sp³-hybridized carbons (Fsp3) is 0.121. The summed E-state index contributed by atoms with van der Waals surface area (Å²) in [7, 11) is 0. The Morgan fingerprint density at radius 3 is 1.35 bits per heavy atom. The van der Waals surface area contributed by atoms with E-state index in [1.54, 1.807) is 0 Å². The van der Waals surface area contributed by atoms with Gasteiger partial charge in [0.2, 0.25) is 0 Å². The molecule has 0 N–H and O–H groups in total. The van der Waals surface area contributed by atoms with Crippen LogP contribution in [0.4, 0.5) is 34.1 Å². The number of fused-ring (bicyclic) bond motifs is 13. The topological polar surface area (TPSA) is 32.8 Å². The maximum atomic E-state index is 9.58. The molecular formula is C66H50N2O2S2. The Kier molecular flexibility index (Phi) is 7.38. The van der Waals surface area contributed by atoms with Crippen LogP contribution in [0.5, 0.6) is 0 Å². The van der Waals surface area contributed by atoms with Crippen LogP contribution in [0.25, 0.3) is 95.0 Å². The van der Waals surface area contributed by atoms with Gasteiger partial charge in [0.1, 0.15) is 22.3 Å². The zero-order valence-corrected chi connectivity index (χ0v) is 41.9. The minimum atomic E-state index is -0.683. The lowest BCUT2D eigenvalue weighted by atomic mass is 9.84. The van der Waals surface area contributed by atoms with E-state index >= 15 is 0 Å². The molecule has 0 radical (unpaired) electrons. The Labute approximate surface area is 439 Å². The van der Waals surface area contributed by atoms with Crippen molar-refractivity contribution in [3.05, 3.63) is 205 Å². The lowest BCUT2D eigenvalue weighted by Crippen LogP contribution is -2.19. The molecule has 0 saturated carbocycles. The molecule has 0 spiro atoms. The summed E-state index contributed by atoms with van der Waals surface area (Å²) in [4.78, 5) is 4.24. The summed E-state index contributed by atoms with van der Waals surface area (Å²) in [6, 6.07) is 42.9. The fourth-order valence-corrected chi connectivity index (χ4v) is 12.6. The van der Waals surface area contributed by atoms with E-state index < -0.39 is 5.41 Å². The number of thiophene rings is 2. The molecule has 0 aliphatic heterocycles. The second-order valence-corrected chi connectivity index (χ2v) is 22.6. The molecule has 4 aromatic heterocycles. The van der Waals surface area contributed by atoms with Crippen LogP contribution in [0, 0.1) is 0 Å². The SMILES string of the molecule is [2H]c1c([2H])c([2H])c2c(sc3ccc(C(C)(C)C)c(N(c4ccccc4)c4ccc5c(c4)oc4cc6cc7c(cc6cc45)oc4cc(N(c5ccccc5)c5c(C(C)(C)C)c([2H])c([2H])c6sc8c([2H])c([2H])c([2H])c([2H])c8c56)ccc47)c32)c1[2H]. The quantitative estimate of drug-likeness (QED) is 0.166. The standard InChI is InChI=1S/C66H50N2O2S2/c1-65(2,3)51-29-31-59-61(47-21-13-15-23-57(47)71-59)63(51)67(41-17-9-7-10-18-41)43-25-27-45-49-33-39-36-54-50(34-40(39)35-53(49)69-55(45)37-43)46-28-26-44(38-56(46)70-54)68(42-19-11-8-12-20-42)64-52(66(4,5)6)30-32-60-62(64)48-22-14-16-24-58(48)72-60/h7-38H,1-6H3/i13D,14D,15D,16D,21D,22D,23D,24D,29D,31D. The Hall–Kier alpha value is -7.90. The highest BCUT2D eigenvalue weighted by Crippen LogP contribution is 2.52. The molecule has 10 aromatic carbocycles. The predicted octanol–water partition coefficient (Wildman–Crippen LogP) is 20.9. The fourth-order valence-electron chi connectivity index (χ4n) is 10.6. The van der Waals surface area contributed by atoms with Gasteiger partial charge in [-0.05, 0) is 130 Å². The van der Waals surface area contributed by atoms with E-state index in [2.05, 4.69) is 86.3 Å². The third kappa shape index (κ3) is 6.69. The molecule has 0 aliphatic rings. The number of benzene rings is 10. The molecule has 4 nitrogen and oxygen atoms in total. The lowest BCUT2D eigenvalue weighted by molar-refractivity contribution is 0.591. The van der Waals surface area contributed by atoms with Crippen LogP contribution in [0.15, 0.2) is 203 Å². The van der Waals surface area contributed by atoms with E-state index in [-0.39, 0.29) is 65.8 Å². The summed E-state index contributed by atoms with van der Waals surface area (Å²) in [6.45, 7) is 12.5. The van der Waals surface area contributed by atoms with Gasteiger partial charge >= 0.3 is 0 Å². The van der Waals surface area contributed by atoms with Gasteiger partial charge in [0, 0.05) is 96.8 Å². The number of furan rings is 2. The largest absolute Gasteiger partial charge is 0.456 e. The molecule has 14 rings (SSSR count). The van der Waals surface area contributed by atoms with Crippen LogP contribution in [0.2, 0.25) is 0 Å². The van der Waals surface area contributed by atoms with Crippen LogP contribution in [-0.2, 0) is 10.8 Å². The van der Waals surface area contributed by atoms with Crippen molar-refractivity contribution in [1.82, 2.24) is 0 Å². The molecule has 0 amide bonds. The van der Waals surface area contributed by atoms with Gasteiger partial charge in [-0.1, -0.05) is 126 Å². The zero-order chi connectivity index (χ0) is 57.3. The van der Waals surface area contributed by atoms with Crippen molar-refractivity contribution in [2.75, 3.05) is 9.80 Å². The van der Waals surface area contributed by atoms with Crippen LogP contribution < -0.4 is 9.80 Å². The van der Waals surface area contributed by atoms with Crippen molar-refractivity contribution in [2.24, 2.45) is 0 Å². The average Bonchev–Trinajstić information content (AvgIpc) is 3.59. The number of hydrogen-bond donors (Lipinski definition) is 0. The van der Waals surface area contributed by atoms with Crippen molar-refractivity contribution < 1.29 is 22.5 Å². The number of hydrogen-bond acceptors (Lipinski definition) is 6. The monoisotopic (exact) mass is 976 g/mol. The minimum absolute atomic E-state index is 0.0234. The van der Waals surface area contributed by atoms with Gasteiger partial charge in [0.15, 0.2) is 0 Å². The Morgan fingerprint density at radius 2 is 0.833 bits per heavy atom. The second kappa shape index (κ2) is 15.8. The normalized spacial score (nSPS) is 14.5. The van der Waals surface area contributed by atoms with E-state index in [9.17, 15) is 5.48 Å². The minimum Gasteiger partial charge on any atom is -0.456 e. The van der Waals surface area contributed by atoms with Crippen molar-refractivity contribution in [3.63, 3.8) is 0 Å². The lowest BCUT2D eigenvalue weighted by Gasteiger charge is -2.33. The van der Waals surface area contributed by atoms with Crippen LogP contribution in [-0.4, -0.2) is 0 Å². The first kappa shape index (κ1) is 33.6. The van der Waals surface area contributed by atoms with Gasteiger partial charge in [-0.3, -0.25) is 0 Å². The molecule has 0 saturated heterocycles. The molecule has 348 valence electrons. The van der Waals surface area contributed by atoms with Crippen molar-refractivity contribution in [2.45, 2.75) is 52.4 Å². The molecule has 0 unspecified atom stereocenters. The highest BCUT2D eigenvalue weighted by atomic mass is 32.1. The van der Waals surface area contributed by atoms with Gasteiger partial charge in [-0.25, -0.2) is 0 Å². The Morgan fingerprint density at radius 1 is 0.375 bits per heavy atom. The van der Waals surface area contributed by atoms with E-state index in [1.807, 2.05) is 98.5 Å². The van der Waals surface area contributed by atoms with Gasteiger partial charge in [0.25, 0.3) is 0 Å². The predicted molar refractivity (Wildman–Crippen MR) is 311 cm³/mol. The summed E-state index contributed by atoms with van der Waals surface area (Å²) in [6.07, 6.45) is 0. The number of rotatable bonds is 6. The summed E-state index contributed by atoms with van der Waals surface area (Å²) < 4.78 is 106. The molecular weight excluding hydrogens is 917 g/mol. The van der Waals surface area contributed by atoms with Crippen molar-refractivity contribution in [1.29, 1.82) is 0 Å². The van der Waals surface area contributed by atoms with Gasteiger partial charge < -0.3 is 18.6 Å². The molecule has 0 fully saturated rings. The molecule has 6 heteroatoms. The maximum Gasteiger partial charge on any atom is 0.137 e. The van der Waals surface area contributed by atoms with Crippen LogP contribution in [0.3, 0.4) is 0 Å². The van der Waals surface area contributed by atoms with Crippen molar-refractivity contribution in [3.8, 4) is 0 Å². The molecule has 72 heavy (non-hydrogen) atoms. The molecule has 14 aromatic rings. The van der Waals surface area contributed by atoms with E-state index in [0.29, 0.717) is 69.5 Å². The summed E-state index contributed by atoms with van der Waals surface area (Å²) in [5.74, 6) is 0. The van der Waals surface area contributed by atoms with E-state index in [1.165, 1.54) is 11.3 Å². The van der Waals surface area contributed by atoms with Gasteiger partial charge in [-0.2, -0.15) is 0 Å². The van der Waals surface area contributed by atoms with Gasteiger partial charge in [-0.15, -0.1) is 22.7 Å². The van der Waals surface area contributed by atoms with Crippen LogP contribution >= 0.6 is 22.7 Å². The molecule has 4 heterocycles. The molecule has 0 aliphatic carbocycles. The van der Waals surface area contributed by atoms with Crippen LogP contribution in [0.1, 0.15) is 66.4 Å². The first-order chi connectivity index (χ1) is 39.1. The third-order valence-electron chi connectivity index (χ3n) is 13.9. The summed E-state index contributed by atoms with van der Waals surface area (Å²) >= 11 is 2.51. The molecule has 0 bridgehead atoms. The number of anilines is 6. The zero-order valence-electron chi connectivity index (χ0n) is 50.2. The summed E-state index contributed by atoms with van der Waals surface area (Å²) in [5, 5.41) is 7.61. The highest BCUT2D eigenvalue weighted by molar-refractivity contribution is 7.26. The average molecular weight is 977 g/mol. The Bertz CT molecular complexity index is 5090. The maximum absolute atomic E-state index is 9.58. The summed E-state index contributed by atoms with van der Waals surface area (Å²) in [5.41, 5.74) is 7.76. The molecule has 0 atom stereocenters. The highest BCUT2D eigenvalue weighted by Gasteiger charge is 2.30. The number of para-hydroxylation sites is 2. The van der Waals surface area contributed by atoms with E-state index in [4.69, 9.17) is 17.1 Å². The smallest absolute Gasteiger partial charge is 0.137 e.